The van der Waals surface area contributed by atoms with Crippen molar-refractivity contribution >= 4 is 15.7 Å². The highest BCUT2D eigenvalue weighted by atomic mass is 32.2. The zero-order chi connectivity index (χ0) is 11.6. The van der Waals surface area contributed by atoms with Crippen LogP contribution in [0.5, 0.6) is 0 Å². The predicted molar refractivity (Wildman–Crippen MR) is 59.1 cm³/mol. The van der Waals surface area contributed by atoms with E-state index >= 15 is 0 Å². The van der Waals surface area contributed by atoms with Gasteiger partial charge in [-0.2, -0.15) is 5.10 Å². The van der Waals surface area contributed by atoms with Crippen LogP contribution in [0.2, 0.25) is 0 Å². The maximum absolute atomic E-state index is 11.7. The van der Waals surface area contributed by atoms with Crippen molar-refractivity contribution in [3.05, 3.63) is 11.4 Å². The van der Waals surface area contributed by atoms with Gasteiger partial charge in [-0.05, 0) is 20.8 Å². The maximum Gasteiger partial charge on any atom is 0.236 e. The summed E-state index contributed by atoms with van der Waals surface area (Å²) in [5.74, 6) is 0. The minimum absolute atomic E-state index is 0.0886. The van der Waals surface area contributed by atoms with Gasteiger partial charge in [0.15, 0.2) is 0 Å². The van der Waals surface area contributed by atoms with E-state index in [2.05, 4.69) is 14.9 Å². The van der Waals surface area contributed by atoms with E-state index in [-0.39, 0.29) is 6.54 Å². The fourth-order valence-electron chi connectivity index (χ4n) is 1.07. The summed E-state index contributed by atoms with van der Waals surface area (Å²) < 4.78 is 25.9. The SMILES string of the molecule is Cc1n[nH]c(C)c1NS(=O)(=O)C(C)CN. The van der Waals surface area contributed by atoms with Crippen LogP contribution in [0.4, 0.5) is 5.69 Å². The molecule has 0 fully saturated rings. The third kappa shape index (κ3) is 2.48. The van der Waals surface area contributed by atoms with Crippen LogP contribution in [0.15, 0.2) is 0 Å². The first-order valence-electron chi connectivity index (χ1n) is 4.61. The van der Waals surface area contributed by atoms with Crippen molar-refractivity contribution < 1.29 is 8.42 Å². The van der Waals surface area contributed by atoms with Gasteiger partial charge in [-0.15, -0.1) is 0 Å². The lowest BCUT2D eigenvalue weighted by Gasteiger charge is -2.12. The van der Waals surface area contributed by atoms with Crippen molar-refractivity contribution in [1.29, 1.82) is 0 Å². The van der Waals surface area contributed by atoms with Gasteiger partial charge in [0.25, 0.3) is 0 Å². The fourth-order valence-corrected chi connectivity index (χ4v) is 2.11. The number of hydrogen-bond acceptors (Lipinski definition) is 4. The highest BCUT2D eigenvalue weighted by molar-refractivity contribution is 7.93. The fraction of sp³-hybridized carbons (Fsp3) is 0.625. The Morgan fingerprint density at radius 3 is 2.53 bits per heavy atom. The van der Waals surface area contributed by atoms with Gasteiger partial charge < -0.3 is 5.73 Å². The van der Waals surface area contributed by atoms with Crippen LogP contribution in [0.25, 0.3) is 0 Å². The Labute approximate surface area is 89.3 Å². The van der Waals surface area contributed by atoms with Crippen LogP contribution in [-0.2, 0) is 10.0 Å². The molecule has 0 radical (unpaired) electrons. The van der Waals surface area contributed by atoms with Crippen LogP contribution in [0.3, 0.4) is 0 Å². The van der Waals surface area contributed by atoms with Gasteiger partial charge in [-0.25, -0.2) is 8.42 Å². The Balaban J connectivity index is 2.96. The molecule has 0 spiro atoms. The maximum atomic E-state index is 11.7. The first kappa shape index (κ1) is 12.0. The quantitative estimate of drug-likeness (QED) is 0.686. The molecule has 1 aromatic heterocycles. The molecule has 6 nitrogen and oxygen atoms in total. The molecule has 0 saturated carbocycles. The number of nitrogens with zero attached hydrogens (tertiary/aromatic N) is 1. The number of aromatic amines is 1. The number of anilines is 1. The lowest BCUT2D eigenvalue weighted by atomic mass is 10.3. The van der Waals surface area contributed by atoms with Gasteiger partial charge in [0.1, 0.15) is 0 Å². The zero-order valence-corrected chi connectivity index (χ0v) is 9.85. The molecule has 0 aliphatic rings. The van der Waals surface area contributed by atoms with Crippen molar-refractivity contribution in [2.45, 2.75) is 26.0 Å². The van der Waals surface area contributed by atoms with E-state index in [4.69, 9.17) is 5.73 Å². The highest BCUT2D eigenvalue weighted by Crippen LogP contribution is 2.18. The third-order valence-corrected chi connectivity index (χ3v) is 3.97. The molecule has 86 valence electrons. The summed E-state index contributed by atoms with van der Waals surface area (Å²) in [5.41, 5.74) is 7.15. The lowest BCUT2D eigenvalue weighted by Crippen LogP contribution is -2.31. The van der Waals surface area contributed by atoms with Gasteiger partial charge in [0.2, 0.25) is 10.0 Å². The monoisotopic (exact) mass is 232 g/mol. The molecule has 15 heavy (non-hydrogen) atoms. The number of nitrogens with one attached hydrogen (secondary N) is 2. The molecule has 1 aromatic rings. The van der Waals surface area contributed by atoms with E-state index in [1.165, 1.54) is 0 Å². The second kappa shape index (κ2) is 4.19. The molecule has 0 amide bonds. The molecule has 1 rings (SSSR count). The summed E-state index contributed by atoms with van der Waals surface area (Å²) in [6.07, 6.45) is 0. The Hall–Kier alpha value is -1.08. The summed E-state index contributed by atoms with van der Waals surface area (Å²) in [6, 6.07) is 0. The summed E-state index contributed by atoms with van der Waals surface area (Å²) in [4.78, 5) is 0. The molecule has 0 saturated heterocycles. The van der Waals surface area contributed by atoms with Crippen molar-refractivity contribution in [3.63, 3.8) is 0 Å². The molecule has 7 heteroatoms. The molecule has 1 heterocycles. The first-order chi connectivity index (χ1) is 6.88. The Morgan fingerprint density at radius 1 is 1.53 bits per heavy atom. The minimum atomic E-state index is -3.41. The molecule has 0 aliphatic heterocycles. The molecule has 0 bridgehead atoms. The van der Waals surface area contributed by atoms with E-state index in [1.807, 2.05) is 0 Å². The molecule has 4 N–H and O–H groups in total. The number of hydrogen-bond donors (Lipinski definition) is 3. The van der Waals surface area contributed by atoms with E-state index in [0.717, 1.165) is 0 Å². The molecule has 0 aliphatic carbocycles. The van der Waals surface area contributed by atoms with Crippen LogP contribution >= 0.6 is 0 Å². The smallest absolute Gasteiger partial charge is 0.236 e. The molecule has 1 unspecified atom stereocenters. The van der Waals surface area contributed by atoms with E-state index < -0.39 is 15.3 Å². The highest BCUT2D eigenvalue weighted by Gasteiger charge is 2.21. The zero-order valence-electron chi connectivity index (χ0n) is 9.03. The minimum Gasteiger partial charge on any atom is -0.329 e. The Bertz CT molecular complexity index is 418. The van der Waals surface area contributed by atoms with E-state index in [0.29, 0.717) is 17.1 Å². The lowest BCUT2D eigenvalue weighted by molar-refractivity contribution is 0.589. The third-order valence-electron chi connectivity index (χ3n) is 2.23. The van der Waals surface area contributed by atoms with Crippen LogP contribution in [0.1, 0.15) is 18.3 Å². The summed E-state index contributed by atoms with van der Waals surface area (Å²) in [6.45, 7) is 5.14. The average molecular weight is 232 g/mol. The molecule has 1 atom stereocenters. The number of aryl methyl sites for hydroxylation is 2. The van der Waals surface area contributed by atoms with Crippen molar-refractivity contribution in [1.82, 2.24) is 10.2 Å². The van der Waals surface area contributed by atoms with Gasteiger partial charge in [-0.1, -0.05) is 0 Å². The average Bonchev–Trinajstić information content (AvgIpc) is 2.47. The molecular weight excluding hydrogens is 216 g/mol. The second-order valence-corrected chi connectivity index (χ2v) is 5.60. The predicted octanol–water partition coefficient (Wildman–Crippen LogP) is 0.115. The summed E-state index contributed by atoms with van der Waals surface area (Å²) >= 11 is 0. The number of nitrogens with two attached hydrogens (primary N) is 1. The number of rotatable bonds is 4. The second-order valence-electron chi connectivity index (χ2n) is 3.50. The number of H-pyrrole nitrogens is 1. The first-order valence-corrected chi connectivity index (χ1v) is 6.16. The Morgan fingerprint density at radius 2 is 2.13 bits per heavy atom. The Kier molecular flexibility index (Phi) is 3.35. The molecule has 0 aromatic carbocycles. The normalized spacial score (nSPS) is 13.9. The summed E-state index contributed by atoms with van der Waals surface area (Å²) in [5, 5.41) is 5.99. The van der Waals surface area contributed by atoms with Crippen molar-refractivity contribution in [3.8, 4) is 0 Å². The van der Waals surface area contributed by atoms with E-state index in [1.54, 1.807) is 20.8 Å². The van der Waals surface area contributed by atoms with Crippen LogP contribution in [-0.4, -0.2) is 30.4 Å². The van der Waals surface area contributed by atoms with Gasteiger partial charge in [-0.3, -0.25) is 9.82 Å². The van der Waals surface area contributed by atoms with Crippen LogP contribution in [0, 0.1) is 13.8 Å². The standard InChI is InChI=1S/C8H16N4O2S/c1-5(4-9)15(13,14)12-8-6(2)10-11-7(8)3/h5,12H,4,9H2,1-3H3,(H,10,11). The number of aromatic nitrogens is 2. The van der Waals surface area contributed by atoms with Gasteiger partial charge in [0.05, 0.1) is 22.3 Å². The van der Waals surface area contributed by atoms with E-state index in [9.17, 15) is 8.42 Å². The van der Waals surface area contributed by atoms with Crippen molar-refractivity contribution in [2.24, 2.45) is 5.73 Å². The van der Waals surface area contributed by atoms with Gasteiger partial charge >= 0.3 is 0 Å². The summed E-state index contributed by atoms with van der Waals surface area (Å²) in [7, 11) is -3.41. The largest absolute Gasteiger partial charge is 0.329 e. The molecular formula is C8H16N4O2S. The van der Waals surface area contributed by atoms with Gasteiger partial charge in [0, 0.05) is 6.54 Å². The number of sulfonamides is 1. The van der Waals surface area contributed by atoms with Crippen molar-refractivity contribution in [2.75, 3.05) is 11.3 Å². The van der Waals surface area contributed by atoms with Crippen LogP contribution < -0.4 is 10.5 Å². The topological polar surface area (TPSA) is 101 Å².